The third kappa shape index (κ3) is 6.42. The highest BCUT2D eigenvalue weighted by atomic mass is 16.6. The number of carbonyl (C=O) groups excluding carboxylic acids is 1. The van der Waals surface area contributed by atoms with Crippen LogP contribution in [-0.4, -0.2) is 12.1 Å². The summed E-state index contributed by atoms with van der Waals surface area (Å²) in [5, 5.41) is 6.24. The standard InChI is InChI=1S/C20H26N2O2/c1-3-4-8-16(2)21-15-17-11-13-18(14-12-17)22-20(23)24-19-9-6-5-7-10-19/h5-7,9-14,16,21H,3-4,8,15H2,1-2H3,(H,22,23). The third-order valence-electron chi connectivity index (χ3n) is 3.80. The summed E-state index contributed by atoms with van der Waals surface area (Å²) in [6, 6.07) is 17.3. The molecule has 128 valence electrons. The number of unbranched alkanes of at least 4 members (excludes halogenated alkanes) is 1. The number of rotatable bonds is 8. The number of nitrogens with one attached hydrogen (secondary N) is 2. The van der Waals surface area contributed by atoms with Gasteiger partial charge in [0.15, 0.2) is 0 Å². The van der Waals surface area contributed by atoms with Gasteiger partial charge in [0.1, 0.15) is 5.75 Å². The van der Waals surface area contributed by atoms with Crippen LogP contribution in [0.4, 0.5) is 10.5 Å². The van der Waals surface area contributed by atoms with Crippen molar-refractivity contribution >= 4 is 11.8 Å². The number of ether oxygens (including phenoxy) is 1. The molecule has 1 amide bonds. The van der Waals surface area contributed by atoms with E-state index >= 15 is 0 Å². The van der Waals surface area contributed by atoms with Gasteiger partial charge in [-0.1, -0.05) is 50.1 Å². The first kappa shape index (κ1) is 18.0. The maximum Gasteiger partial charge on any atom is 0.417 e. The van der Waals surface area contributed by atoms with Crippen molar-refractivity contribution in [3.63, 3.8) is 0 Å². The van der Waals surface area contributed by atoms with E-state index in [1.165, 1.54) is 24.8 Å². The van der Waals surface area contributed by atoms with Gasteiger partial charge in [-0.05, 0) is 43.2 Å². The molecule has 0 bridgehead atoms. The zero-order valence-corrected chi connectivity index (χ0v) is 14.4. The highest BCUT2D eigenvalue weighted by molar-refractivity contribution is 5.86. The molecule has 24 heavy (non-hydrogen) atoms. The summed E-state index contributed by atoms with van der Waals surface area (Å²) in [5.74, 6) is 0.525. The van der Waals surface area contributed by atoms with Crippen LogP contribution < -0.4 is 15.4 Å². The average Bonchev–Trinajstić information content (AvgIpc) is 2.60. The topological polar surface area (TPSA) is 50.4 Å². The number of amides is 1. The van der Waals surface area contributed by atoms with Gasteiger partial charge in [-0.2, -0.15) is 0 Å². The van der Waals surface area contributed by atoms with Gasteiger partial charge in [-0.3, -0.25) is 5.32 Å². The Bertz CT molecular complexity index is 611. The molecule has 0 heterocycles. The van der Waals surface area contributed by atoms with Crippen molar-refractivity contribution in [3.05, 3.63) is 60.2 Å². The molecule has 0 aliphatic rings. The lowest BCUT2D eigenvalue weighted by Crippen LogP contribution is -2.25. The van der Waals surface area contributed by atoms with Gasteiger partial charge < -0.3 is 10.1 Å². The summed E-state index contributed by atoms with van der Waals surface area (Å²) in [4.78, 5) is 11.8. The van der Waals surface area contributed by atoms with E-state index in [9.17, 15) is 4.79 Å². The van der Waals surface area contributed by atoms with E-state index in [1.54, 1.807) is 12.1 Å². The Morgan fingerprint density at radius 1 is 1.08 bits per heavy atom. The molecule has 2 N–H and O–H groups in total. The van der Waals surface area contributed by atoms with Crippen LogP contribution >= 0.6 is 0 Å². The number of hydrogen-bond acceptors (Lipinski definition) is 3. The Labute approximate surface area is 144 Å². The fourth-order valence-electron chi connectivity index (χ4n) is 2.35. The Balaban J connectivity index is 1.78. The second kappa shape index (κ2) is 9.73. The van der Waals surface area contributed by atoms with Crippen molar-refractivity contribution in [2.75, 3.05) is 5.32 Å². The van der Waals surface area contributed by atoms with Crippen molar-refractivity contribution < 1.29 is 9.53 Å². The Kier molecular flexibility index (Phi) is 7.30. The zero-order valence-electron chi connectivity index (χ0n) is 14.4. The average molecular weight is 326 g/mol. The minimum Gasteiger partial charge on any atom is -0.410 e. The molecule has 4 heteroatoms. The minimum atomic E-state index is -0.486. The van der Waals surface area contributed by atoms with Gasteiger partial charge in [-0.15, -0.1) is 0 Å². The van der Waals surface area contributed by atoms with Gasteiger partial charge in [0.2, 0.25) is 0 Å². The third-order valence-corrected chi connectivity index (χ3v) is 3.80. The van der Waals surface area contributed by atoms with Crippen molar-refractivity contribution in [3.8, 4) is 5.75 Å². The number of carbonyl (C=O) groups is 1. The second-order valence-electron chi connectivity index (χ2n) is 5.95. The SMILES string of the molecule is CCCCC(C)NCc1ccc(NC(=O)Oc2ccccc2)cc1. The van der Waals surface area contributed by atoms with E-state index in [0.29, 0.717) is 11.8 Å². The largest absolute Gasteiger partial charge is 0.417 e. The summed E-state index contributed by atoms with van der Waals surface area (Å²) in [7, 11) is 0. The fourth-order valence-corrected chi connectivity index (χ4v) is 2.35. The molecule has 4 nitrogen and oxygen atoms in total. The van der Waals surface area contributed by atoms with Crippen molar-refractivity contribution in [2.45, 2.75) is 45.7 Å². The summed E-state index contributed by atoms with van der Waals surface area (Å²) in [6.07, 6.45) is 3.19. The van der Waals surface area contributed by atoms with Crippen molar-refractivity contribution in [2.24, 2.45) is 0 Å². The van der Waals surface area contributed by atoms with E-state index in [2.05, 4.69) is 24.5 Å². The number of para-hydroxylation sites is 1. The molecule has 0 saturated heterocycles. The predicted molar refractivity (Wildman–Crippen MR) is 98.4 cm³/mol. The molecule has 2 aromatic rings. The predicted octanol–water partition coefficient (Wildman–Crippen LogP) is 4.97. The number of benzene rings is 2. The number of anilines is 1. The Morgan fingerprint density at radius 3 is 2.46 bits per heavy atom. The van der Waals surface area contributed by atoms with Gasteiger partial charge in [0.05, 0.1) is 0 Å². The molecule has 0 aliphatic carbocycles. The highest BCUT2D eigenvalue weighted by Crippen LogP contribution is 2.13. The highest BCUT2D eigenvalue weighted by Gasteiger charge is 2.05. The monoisotopic (exact) mass is 326 g/mol. The van der Waals surface area contributed by atoms with Crippen LogP contribution in [0.25, 0.3) is 0 Å². The molecule has 0 fully saturated rings. The van der Waals surface area contributed by atoms with Gasteiger partial charge >= 0.3 is 6.09 Å². The maximum atomic E-state index is 11.8. The molecular weight excluding hydrogens is 300 g/mol. The molecule has 0 radical (unpaired) electrons. The Morgan fingerprint density at radius 2 is 1.79 bits per heavy atom. The van der Waals surface area contributed by atoms with E-state index < -0.39 is 6.09 Å². The van der Waals surface area contributed by atoms with Crippen LogP contribution in [0.3, 0.4) is 0 Å². The molecule has 2 rings (SSSR count). The molecular formula is C20H26N2O2. The van der Waals surface area contributed by atoms with Crippen molar-refractivity contribution in [1.82, 2.24) is 5.32 Å². The number of hydrogen-bond donors (Lipinski definition) is 2. The van der Waals surface area contributed by atoms with E-state index in [-0.39, 0.29) is 0 Å². The first-order chi connectivity index (χ1) is 11.7. The van der Waals surface area contributed by atoms with E-state index in [0.717, 1.165) is 12.2 Å². The first-order valence-electron chi connectivity index (χ1n) is 8.53. The lowest BCUT2D eigenvalue weighted by Gasteiger charge is -2.13. The van der Waals surface area contributed by atoms with Gasteiger partial charge in [-0.25, -0.2) is 4.79 Å². The summed E-state index contributed by atoms with van der Waals surface area (Å²) in [5.41, 5.74) is 1.92. The normalized spacial score (nSPS) is 11.8. The van der Waals surface area contributed by atoms with E-state index in [1.807, 2.05) is 42.5 Å². The molecule has 1 unspecified atom stereocenters. The van der Waals surface area contributed by atoms with Crippen LogP contribution in [0.15, 0.2) is 54.6 Å². The molecule has 0 aliphatic heterocycles. The lowest BCUT2D eigenvalue weighted by molar-refractivity contribution is 0.215. The minimum absolute atomic E-state index is 0.486. The van der Waals surface area contributed by atoms with Crippen molar-refractivity contribution in [1.29, 1.82) is 0 Å². The van der Waals surface area contributed by atoms with Crippen LogP contribution in [0.5, 0.6) is 5.75 Å². The summed E-state index contributed by atoms with van der Waals surface area (Å²) < 4.78 is 5.20. The zero-order chi connectivity index (χ0) is 17.2. The quantitative estimate of drug-likeness (QED) is 0.720. The van der Waals surface area contributed by atoms with Gasteiger partial charge in [0.25, 0.3) is 0 Å². The molecule has 1 atom stereocenters. The molecule has 0 saturated carbocycles. The summed E-state index contributed by atoms with van der Waals surface area (Å²) in [6.45, 7) is 5.26. The second-order valence-corrected chi connectivity index (χ2v) is 5.95. The molecule has 0 aromatic heterocycles. The lowest BCUT2D eigenvalue weighted by atomic mass is 10.1. The summed E-state index contributed by atoms with van der Waals surface area (Å²) >= 11 is 0. The first-order valence-corrected chi connectivity index (χ1v) is 8.53. The molecule has 2 aromatic carbocycles. The van der Waals surface area contributed by atoms with E-state index in [4.69, 9.17) is 4.74 Å². The van der Waals surface area contributed by atoms with Gasteiger partial charge in [0, 0.05) is 18.3 Å². The van der Waals surface area contributed by atoms with Crippen LogP contribution in [0.2, 0.25) is 0 Å². The van der Waals surface area contributed by atoms with Crippen LogP contribution in [0.1, 0.15) is 38.7 Å². The van der Waals surface area contributed by atoms with Crippen LogP contribution in [0, 0.1) is 0 Å². The fraction of sp³-hybridized carbons (Fsp3) is 0.350. The Hall–Kier alpha value is -2.33. The van der Waals surface area contributed by atoms with Crippen LogP contribution in [-0.2, 0) is 6.54 Å². The molecule has 0 spiro atoms. The maximum absolute atomic E-state index is 11.8. The smallest absolute Gasteiger partial charge is 0.410 e.